The van der Waals surface area contributed by atoms with Crippen molar-refractivity contribution in [2.45, 2.75) is 33.1 Å². The molecule has 0 spiro atoms. The number of likely N-dealkylation sites (N-methyl/N-ethyl adjacent to an activating group) is 1. The Morgan fingerprint density at radius 1 is 1.22 bits per heavy atom. The number of carbonyl (C=O) groups is 1. The summed E-state index contributed by atoms with van der Waals surface area (Å²) in [4.78, 5) is 21.3. The molecule has 0 saturated carbocycles. The normalized spacial score (nSPS) is 15.4. The fourth-order valence-corrected chi connectivity index (χ4v) is 3.92. The van der Waals surface area contributed by atoms with Crippen molar-refractivity contribution in [3.63, 3.8) is 0 Å². The Kier molecular flexibility index (Phi) is 7.04. The van der Waals surface area contributed by atoms with Crippen molar-refractivity contribution in [2.75, 3.05) is 44.2 Å². The Hall–Kier alpha value is -2.14. The Morgan fingerprint density at radius 2 is 2.00 bits per heavy atom. The van der Waals surface area contributed by atoms with Crippen molar-refractivity contribution in [3.8, 4) is 0 Å². The minimum atomic E-state index is 0.160. The molecule has 1 saturated heterocycles. The number of nitrogens with one attached hydrogen (secondary N) is 1. The topological polar surface area (TPSA) is 48.5 Å². The van der Waals surface area contributed by atoms with E-state index in [0.29, 0.717) is 12.5 Å². The molecule has 1 aromatic heterocycles. The van der Waals surface area contributed by atoms with Gasteiger partial charge in [-0.3, -0.25) is 14.7 Å². The van der Waals surface area contributed by atoms with Crippen LogP contribution in [0.15, 0.2) is 36.5 Å². The van der Waals surface area contributed by atoms with Gasteiger partial charge in [0.1, 0.15) is 0 Å². The van der Waals surface area contributed by atoms with Crippen LogP contribution in [0.1, 0.15) is 33.1 Å². The van der Waals surface area contributed by atoms with Crippen LogP contribution in [0.2, 0.25) is 0 Å². The Bertz CT molecular complexity index is 735. The summed E-state index contributed by atoms with van der Waals surface area (Å²) in [5.74, 6) is 0.729. The predicted molar refractivity (Wildman–Crippen MR) is 112 cm³/mol. The third-order valence-corrected chi connectivity index (χ3v) is 5.52. The average molecular weight is 369 g/mol. The zero-order valence-corrected chi connectivity index (χ0v) is 16.7. The molecule has 2 heterocycles. The van der Waals surface area contributed by atoms with Crippen molar-refractivity contribution >= 4 is 22.5 Å². The molecule has 1 aliphatic rings. The summed E-state index contributed by atoms with van der Waals surface area (Å²) in [5, 5.41) is 4.38. The van der Waals surface area contributed by atoms with E-state index in [9.17, 15) is 4.79 Å². The number of anilines is 1. The second-order valence-corrected chi connectivity index (χ2v) is 7.45. The second-order valence-electron chi connectivity index (χ2n) is 7.45. The highest BCUT2D eigenvalue weighted by molar-refractivity contribution is 5.91. The van der Waals surface area contributed by atoms with E-state index < -0.39 is 0 Å². The summed E-state index contributed by atoms with van der Waals surface area (Å²) >= 11 is 0. The molecule has 27 heavy (non-hydrogen) atoms. The largest absolute Gasteiger partial charge is 0.371 e. The summed E-state index contributed by atoms with van der Waals surface area (Å²) in [6.45, 7) is 9.57. The summed E-state index contributed by atoms with van der Waals surface area (Å²) in [7, 11) is 0. The Morgan fingerprint density at radius 3 is 2.74 bits per heavy atom. The van der Waals surface area contributed by atoms with Crippen LogP contribution in [-0.2, 0) is 4.79 Å². The van der Waals surface area contributed by atoms with Gasteiger partial charge in [-0.2, -0.15) is 0 Å². The number of hydrogen-bond donors (Lipinski definition) is 1. The first-order valence-corrected chi connectivity index (χ1v) is 10.3. The van der Waals surface area contributed by atoms with Crippen molar-refractivity contribution in [3.05, 3.63) is 36.5 Å². The first-order valence-electron chi connectivity index (χ1n) is 10.3. The maximum Gasteiger partial charge on any atom is 0.234 e. The first kappa shape index (κ1) is 19.6. The Balaban J connectivity index is 1.48. The van der Waals surface area contributed by atoms with E-state index in [1.54, 1.807) is 0 Å². The molecule has 1 aliphatic heterocycles. The molecule has 1 amide bonds. The lowest BCUT2D eigenvalue weighted by molar-refractivity contribution is -0.122. The molecule has 5 heteroatoms. The number of amides is 1. The lowest BCUT2D eigenvalue weighted by Crippen LogP contribution is -2.42. The van der Waals surface area contributed by atoms with Crippen LogP contribution in [-0.4, -0.2) is 55.1 Å². The molecule has 0 aliphatic carbocycles. The van der Waals surface area contributed by atoms with E-state index in [2.05, 4.69) is 58.2 Å². The number of pyridine rings is 1. The van der Waals surface area contributed by atoms with Crippen LogP contribution < -0.4 is 10.2 Å². The smallest absolute Gasteiger partial charge is 0.234 e. The van der Waals surface area contributed by atoms with Crippen LogP contribution in [0, 0.1) is 5.92 Å². The van der Waals surface area contributed by atoms with Gasteiger partial charge in [0.15, 0.2) is 0 Å². The number of nitrogens with zero attached hydrogens (tertiary/aromatic N) is 3. The van der Waals surface area contributed by atoms with Gasteiger partial charge in [0.25, 0.3) is 0 Å². The van der Waals surface area contributed by atoms with Crippen LogP contribution in [0.5, 0.6) is 0 Å². The number of hydrogen-bond acceptors (Lipinski definition) is 4. The SMILES string of the molecule is CCCN(CC)CC(=O)NCC1CCN(c2ccnc3ccccc23)CC1. The lowest BCUT2D eigenvalue weighted by Gasteiger charge is -2.34. The standard InChI is InChI=1S/C22H32N4O/c1-3-13-25(4-2)17-22(27)24-16-18-10-14-26(15-11-18)21-9-12-23-20-8-6-5-7-19(20)21/h5-9,12,18H,3-4,10-11,13-17H2,1-2H3,(H,24,27). The summed E-state index contributed by atoms with van der Waals surface area (Å²) in [6, 6.07) is 10.5. The fourth-order valence-electron chi connectivity index (χ4n) is 3.92. The van der Waals surface area contributed by atoms with E-state index in [1.165, 1.54) is 11.1 Å². The molecule has 0 radical (unpaired) electrons. The minimum Gasteiger partial charge on any atom is -0.371 e. The van der Waals surface area contributed by atoms with Crippen LogP contribution >= 0.6 is 0 Å². The number of carbonyl (C=O) groups excluding carboxylic acids is 1. The number of fused-ring (bicyclic) bond motifs is 1. The maximum atomic E-state index is 12.2. The number of benzene rings is 1. The lowest BCUT2D eigenvalue weighted by atomic mass is 9.96. The third kappa shape index (κ3) is 5.19. The van der Waals surface area contributed by atoms with Gasteiger partial charge in [-0.05, 0) is 50.4 Å². The van der Waals surface area contributed by atoms with Crippen molar-refractivity contribution < 1.29 is 4.79 Å². The van der Waals surface area contributed by atoms with Gasteiger partial charge in [-0.25, -0.2) is 0 Å². The molecular formula is C22H32N4O. The molecule has 2 aromatic rings. The summed E-state index contributed by atoms with van der Waals surface area (Å²) in [6.07, 6.45) is 5.22. The Labute approximate surface area is 162 Å². The number of rotatable bonds is 8. The van der Waals surface area contributed by atoms with Gasteiger partial charge >= 0.3 is 0 Å². The van der Waals surface area contributed by atoms with Gasteiger partial charge < -0.3 is 10.2 Å². The van der Waals surface area contributed by atoms with E-state index in [4.69, 9.17) is 0 Å². The second kappa shape index (κ2) is 9.70. The number of para-hydroxylation sites is 1. The van der Waals surface area contributed by atoms with Gasteiger partial charge in [0, 0.05) is 36.9 Å². The minimum absolute atomic E-state index is 0.160. The first-order chi connectivity index (χ1) is 13.2. The highest BCUT2D eigenvalue weighted by atomic mass is 16.2. The van der Waals surface area contributed by atoms with E-state index in [0.717, 1.165) is 57.5 Å². The fraction of sp³-hybridized carbons (Fsp3) is 0.545. The van der Waals surface area contributed by atoms with Gasteiger partial charge in [0.2, 0.25) is 5.91 Å². The molecule has 0 bridgehead atoms. The van der Waals surface area contributed by atoms with Crippen molar-refractivity contribution in [1.29, 1.82) is 0 Å². The van der Waals surface area contributed by atoms with Gasteiger partial charge in [-0.15, -0.1) is 0 Å². The molecular weight excluding hydrogens is 336 g/mol. The van der Waals surface area contributed by atoms with Crippen LogP contribution in [0.4, 0.5) is 5.69 Å². The quantitative estimate of drug-likeness (QED) is 0.777. The third-order valence-electron chi connectivity index (χ3n) is 5.52. The molecule has 1 N–H and O–H groups in total. The van der Waals surface area contributed by atoms with E-state index >= 15 is 0 Å². The van der Waals surface area contributed by atoms with Crippen LogP contribution in [0.3, 0.4) is 0 Å². The monoisotopic (exact) mass is 368 g/mol. The van der Waals surface area contributed by atoms with Gasteiger partial charge in [-0.1, -0.05) is 32.0 Å². The van der Waals surface area contributed by atoms with Crippen molar-refractivity contribution in [2.24, 2.45) is 5.92 Å². The van der Waals surface area contributed by atoms with E-state index in [-0.39, 0.29) is 5.91 Å². The molecule has 3 rings (SSSR count). The molecule has 1 fully saturated rings. The zero-order chi connectivity index (χ0) is 19.1. The number of aromatic nitrogens is 1. The molecule has 146 valence electrons. The van der Waals surface area contributed by atoms with E-state index in [1.807, 2.05) is 12.3 Å². The van der Waals surface area contributed by atoms with Crippen LogP contribution in [0.25, 0.3) is 10.9 Å². The van der Waals surface area contributed by atoms with Gasteiger partial charge in [0.05, 0.1) is 12.1 Å². The summed E-state index contributed by atoms with van der Waals surface area (Å²) < 4.78 is 0. The highest BCUT2D eigenvalue weighted by Crippen LogP contribution is 2.28. The molecule has 5 nitrogen and oxygen atoms in total. The molecule has 0 unspecified atom stereocenters. The molecule has 0 atom stereocenters. The average Bonchev–Trinajstić information content (AvgIpc) is 2.72. The highest BCUT2D eigenvalue weighted by Gasteiger charge is 2.21. The summed E-state index contributed by atoms with van der Waals surface area (Å²) in [5.41, 5.74) is 2.33. The maximum absolute atomic E-state index is 12.2. The zero-order valence-electron chi connectivity index (χ0n) is 16.7. The van der Waals surface area contributed by atoms with Crippen molar-refractivity contribution in [1.82, 2.24) is 15.2 Å². The number of piperidine rings is 1. The molecule has 1 aromatic carbocycles. The predicted octanol–water partition coefficient (Wildman–Crippen LogP) is 3.30.